The van der Waals surface area contributed by atoms with Crippen molar-refractivity contribution in [3.63, 3.8) is 0 Å². The molecule has 1 nitrogen and oxygen atoms in total. The quantitative estimate of drug-likeness (QED) is 0.720. The van der Waals surface area contributed by atoms with Gasteiger partial charge in [-0.2, -0.15) is 0 Å². The maximum Gasteiger partial charge on any atom is 0.0340 e. The van der Waals surface area contributed by atoms with Gasteiger partial charge in [-0.1, -0.05) is 58.6 Å². The highest BCUT2D eigenvalue weighted by Gasteiger charge is 2.14. The van der Waals surface area contributed by atoms with Gasteiger partial charge in [-0.3, -0.25) is 0 Å². The van der Waals surface area contributed by atoms with Crippen LogP contribution in [0.1, 0.15) is 64.9 Å². The molecular weight excluding hydrogens is 230 g/mol. The van der Waals surface area contributed by atoms with Gasteiger partial charge in [-0.25, -0.2) is 0 Å². The van der Waals surface area contributed by atoms with Crippen molar-refractivity contribution in [2.24, 2.45) is 5.92 Å². The predicted octanol–water partition coefficient (Wildman–Crippen LogP) is 5.37. The lowest BCUT2D eigenvalue weighted by Gasteiger charge is -2.20. The van der Waals surface area contributed by atoms with Gasteiger partial charge < -0.3 is 5.32 Å². The Kier molecular flexibility index (Phi) is 4.90. The molecule has 1 aromatic carbocycles. The van der Waals surface area contributed by atoms with Crippen molar-refractivity contribution in [3.8, 4) is 0 Å². The van der Waals surface area contributed by atoms with Crippen LogP contribution < -0.4 is 5.32 Å². The van der Waals surface area contributed by atoms with E-state index in [4.69, 9.17) is 0 Å². The van der Waals surface area contributed by atoms with E-state index in [-0.39, 0.29) is 5.41 Å². The maximum absolute atomic E-state index is 3.62. The summed E-state index contributed by atoms with van der Waals surface area (Å²) in [6.07, 6.45) is 8.55. The SMILES string of the molecule is CC(C)(C)c1ccc(NCC2CCCCCC2)cc1. The van der Waals surface area contributed by atoms with E-state index in [2.05, 4.69) is 50.4 Å². The maximum atomic E-state index is 3.62. The first-order valence-corrected chi connectivity index (χ1v) is 7.90. The molecule has 1 N–H and O–H groups in total. The van der Waals surface area contributed by atoms with Crippen molar-refractivity contribution in [1.82, 2.24) is 0 Å². The van der Waals surface area contributed by atoms with Gasteiger partial charge in [0.15, 0.2) is 0 Å². The molecule has 0 atom stereocenters. The van der Waals surface area contributed by atoms with Crippen LogP contribution in [-0.2, 0) is 5.41 Å². The van der Waals surface area contributed by atoms with Gasteiger partial charge in [0.25, 0.3) is 0 Å². The molecule has 106 valence electrons. The van der Waals surface area contributed by atoms with Gasteiger partial charge in [0.05, 0.1) is 0 Å². The van der Waals surface area contributed by atoms with Crippen LogP contribution in [0.15, 0.2) is 24.3 Å². The topological polar surface area (TPSA) is 12.0 Å². The van der Waals surface area contributed by atoms with Gasteiger partial charge in [0.2, 0.25) is 0 Å². The van der Waals surface area contributed by atoms with Crippen molar-refractivity contribution >= 4 is 5.69 Å². The fourth-order valence-electron chi connectivity index (χ4n) is 2.92. The summed E-state index contributed by atoms with van der Waals surface area (Å²) in [4.78, 5) is 0. The summed E-state index contributed by atoms with van der Waals surface area (Å²) >= 11 is 0. The molecule has 0 heterocycles. The Hall–Kier alpha value is -0.980. The average molecular weight is 259 g/mol. The number of rotatable bonds is 3. The van der Waals surface area contributed by atoms with Crippen molar-refractivity contribution in [3.05, 3.63) is 29.8 Å². The second-order valence-electron chi connectivity index (χ2n) is 7.07. The summed E-state index contributed by atoms with van der Waals surface area (Å²) < 4.78 is 0. The first-order chi connectivity index (χ1) is 9.05. The van der Waals surface area contributed by atoms with E-state index in [1.165, 1.54) is 49.8 Å². The number of anilines is 1. The molecule has 0 aromatic heterocycles. The first kappa shape index (κ1) is 14.4. The van der Waals surface area contributed by atoms with Crippen LogP contribution in [0, 0.1) is 5.92 Å². The monoisotopic (exact) mass is 259 g/mol. The Bertz CT molecular complexity index is 364. The zero-order valence-corrected chi connectivity index (χ0v) is 12.8. The molecule has 0 saturated heterocycles. The molecule has 1 aliphatic rings. The highest BCUT2D eigenvalue weighted by Crippen LogP contribution is 2.25. The van der Waals surface area contributed by atoms with Gasteiger partial charge in [0, 0.05) is 12.2 Å². The molecule has 0 aliphatic heterocycles. The van der Waals surface area contributed by atoms with Crippen LogP contribution >= 0.6 is 0 Å². The number of hydrogen-bond donors (Lipinski definition) is 1. The standard InChI is InChI=1S/C18H29N/c1-18(2,3)16-10-12-17(13-11-16)19-14-15-8-6-4-5-7-9-15/h10-13,15,19H,4-9,14H2,1-3H3. The first-order valence-electron chi connectivity index (χ1n) is 7.90. The number of benzene rings is 1. The second-order valence-corrected chi connectivity index (χ2v) is 7.07. The lowest BCUT2D eigenvalue weighted by Crippen LogP contribution is -2.14. The average Bonchev–Trinajstić information content (AvgIpc) is 2.64. The zero-order valence-electron chi connectivity index (χ0n) is 12.8. The van der Waals surface area contributed by atoms with Crippen molar-refractivity contribution < 1.29 is 0 Å². The summed E-state index contributed by atoms with van der Waals surface area (Å²) in [5, 5.41) is 3.62. The van der Waals surface area contributed by atoms with Crippen molar-refractivity contribution in [2.45, 2.75) is 64.7 Å². The molecular formula is C18H29N. The van der Waals surface area contributed by atoms with Gasteiger partial charge >= 0.3 is 0 Å². The van der Waals surface area contributed by atoms with Crippen LogP contribution in [0.5, 0.6) is 0 Å². The van der Waals surface area contributed by atoms with Crippen LogP contribution in [-0.4, -0.2) is 6.54 Å². The molecule has 1 heteroatoms. The van der Waals surface area contributed by atoms with Crippen LogP contribution in [0.2, 0.25) is 0 Å². The van der Waals surface area contributed by atoms with E-state index in [1.54, 1.807) is 0 Å². The summed E-state index contributed by atoms with van der Waals surface area (Å²) in [6.45, 7) is 7.94. The van der Waals surface area contributed by atoms with Crippen molar-refractivity contribution in [1.29, 1.82) is 0 Å². The Morgan fingerprint density at radius 2 is 1.53 bits per heavy atom. The lowest BCUT2D eigenvalue weighted by molar-refractivity contribution is 0.483. The van der Waals surface area contributed by atoms with E-state index in [0.717, 1.165) is 12.5 Å². The minimum Gasteiger partial charge on any atom is -0.385 e. The van der Waals surface area contributed by atoms with E-state index in [1.807, 2.05) is 0 Å². The smallest absolute Gasteiger partial charge is 0.0340 e. The molecule has 0 bridgehead atoms. The third-order valence-corrected chi connectivity index (χ3v) is 4.32. The van der Waals surface area contributed by atoms with E-state index in [9.17, 15) is 0 Å². The van der Waals surface area contributed by atoms with Crippen molar-refractivity contribution in [2.75, 3.05) is 11.9 Å². The third kappa shape index (κ3) is 4.56. The van der Waals surface area contributed by atoms with E-state index >= 15 is 0 Å². The molecule has 2 rings (SSSR count). The highest BCUT2D eigenvalue weighted by atomic mass is 14.9. The molecule has 1 saturated carbocycles. The molecule has 19 heavy (non-hydrogen) atoms. The van der Waals surface area contributed by atoms with Crippen LogP contribution in [0.4, 0.5) is 5.69 Å². The Morgan fingerprint density at radius 1 is 0.947 bits per heavy atom. The normalized spacial score (nSPS) is 18.1. The largest absolute Gasteiger partial charge is 0.385 e. The summed E-state index contributed by atoms with van der Waals surface area (Å²) in [6, 6.07) is 8.99. The second kappa shape index (κ2) is 6.45. The van der Waals surface area contributed by atoms with Gasteiger partial charge in [-0.05, 0) is 41.9 Å². The molecule has 0 unspecified atom stereocenters. The fourth-order valence-corrected chi connectivity index (χ4v) is 2.92. The van der Waals surface area contributed by atoms with E-state index in [0.29, 0.717) is 0 Å². The molecule has 0 radical (unpaired) electrons. The Labute approximate surface area is 118 Å². The molecule has 0 spiro atoms. The third-order valence-electron chi connectivity index (χ3n) is 4.32. The Balaban J connectivity index is 1.85. The Morgan fingerprint density at radius 3 is 2.05 bits per heavy atom. The summed E-state index contributed by atoms with van der Waals surface area (Å²) in [5.41, 5.74) is 2.93. The zero-order chi connectivity index (χ0) is 13.7. The summed E-state index contributed by atoms with van der Waals surface area (Å²) in [7, 11) is 0. The fraction of sp³-hybridized carbons (Fsp3) is 0.667. The molecule has 1 aliphatic carbocycles. The molecule has 1 aromatic rings. The number of hydrogen-bond acceptors (Lipinski definition) is 1. The minimum absolute atomic E-state index is 0.250. The van der Waals surface area contributed by atoms with Gasteiger partial charge in [-0.15, -0.1) is 0 Å². The molecule has 1 fully saturated rings. The van der Waals surface area contributed by atoms with Crippen LogP contribution in [0.3, 0.4) is 0 Å². The van der Waals surface area contributed by atoms with E-state index < -0.39 is 0 Å². The highest BCUT2D eigenvalue weighted by molar-refractivity contribution is 5.45. The lowest BCUT2D eigenvalue weighted by atomic mass is 9.87. The summed E-state index contributed by atoms with van der Waals surface area (Å²) in [5.74, 6) is 0.879. The number of nitrogens with one attached hydrogen (secondary N) is 1. The molecule has 0 amide bonds. The van der Waals surface area contributed by atoms with Crippen LogP contribution in [0.25, 0.3) is 0 Å². The minimum atomic E-state index is 0.250. The predicted molar refractivity (Wildman–Crippen MR) is 84.8 cm³/mol. The van der Waals surface area contributed by atoms with Gasteiger partial charge in [0.1, 0.15) is 0 Å².